The zero-order chi connectivity index (χ0) is 17.9. The Balaban J connectivity index is 1.58. The van der Waals surface area contributed by atoms with Crippen LogP contribution in [0.1, 0.15) is 5.56 Å². The van der Waals surface area contributed by atoms with E-state index >= 15 is 0 Å². The van der Waals surface area contributed by atoms with Gasteiger partial charge in [-0.15, -0.1) is 0 Å². The second-order valence-corrected chi connectivity index (χ2v) is 6.79. The van der Waals surface area contributed by atoms with Gasteiger partial charge in [-0.25, -0.2) is 4.98 Å². The van der Waals surface area contributed by atoms with Crippen molar-refractivity contribution in [1.82, 2.24) is 9.38 Å². The fraction of sp³-hybridized carbons (Fsp3) is 0.0952. The number of ether oxygens (including phenoxy) is 2. The predicted molar refractivity (Wildman–Crippen MR) is 106 cm³/mol. The molecule has 0 aliphatic carbocycles. The molecular formula is C21H17BrN2O2. The molecule has 4 aromatic rings. The number of imidazole rings is 1. The lowest BCUT2D eigenvalue weighted by molar-refractivity contribution is 0.284. The molecular weight excluding hydrogens is 392 g/mol. The Morgan fingerprint density at radius 2 is 1.85 bits per heavy atom. The molecule has 0 saturated heterocycles. The van der Waals surface area contributed by atoms with Gasteiger partial charge in [0.25, 0.3) is 0 Å². The van der Waals surface area contributed by atoms with E-state index < -0.39 is 0 Å². The average Bonchev–Trinajstić information content (AvgIpc) is 3.11. The zero-order valence-corrected chi connectivity index (χ0v) is 15.8. The van der Waals surface area contributed by atoms with Crippen molar-refractivity contribution in [2.24, 2.45) is 0 Å². The summed E-state index contributed by atoms with van der Waals surface area (Å²) in [5.41, 5.74) is 3.90. The summed E-state index contributed by atoms with van der Waals surface area (Å²) in [7, 11) is 1.65. The first-order valence-corrected chi connectivity index (χ1v) is 9.01. The number of aromatic nitrogens is 2. The molecule has 130 valence electrons. The average molecular weight is 409 g/mol. The Morgan fingerprint density at radius 3 is 2.62 bits per heavy atom. The van der Waals surface area contributed by atoms with E-state index in [4.69, 9.17) is 9.47 Å². The Morgan fingerprint density at radius 1 is 1.00 bits per heavy atom. The summed E-state index contributed by atoms with van der Waals surface area (Å²) >= 11 is 3.44. The third-order valence-electron chi connectivity index (χ3n) is 4.13. The van der Waals surface area contributed by atoms with Gasteiger partial charge >= 0.3 is 0 Å². The van der Waals surface area contributed by atoms with Crippen molar-refractivity contribution in [3.8, 4) is 22.8 Å². The Labute approximate surface area is 160 Å². The minimum atomic E-state index is 0.483. The van der Waals surface area contributed by atoms with Gasteiger partial charge in [-0.05, 0) is 48.0 Å². The summed E-state index contributed by atoms with van der Waals surface area (Å²) in [5, 5.41) is 0. The number of nitrogens with zero attached hydrogens (tertiary/aromatic N) is 2. The fourth-order valence-electron chi connectivity index (χ4n) is 2.76. The van der Waals surface area contributed by atoms with Crippen LogP contribution >= 0.6 is 15.9 Å². The maximum atomic E-state index is 5.94. The molecule has 5 heteroatoms. The molecule has 2 heterocycles. The van der Waals surface area contributed by atoms with Crippen molar-refractivity contribution < 1.29 is 9.47 Å². The predicted octanol–water partition coefficient (Wildman–Crippen LogP) is 5.35. The molecule has 0 aliphatic rings. The van der Waals surface area contributed by atoms with Crippen molar-refractivity contribution in [2.45, 2.75) is 6.61 Å². The van der Waals surface area contributed by atoms with Crippen LogP contribution in [-0.4, -0.2) is 16.5 Å². The third kappa shape index (κ3) is 3.44. The van der Waals surface area contributed by atoms with Crippen molar-refractivity contribution >= 4 is 21.6 Å². The molecule has 0 radical (unpaired) electrons. The van der Waals surface area contributed by atoms with Gasteiger partial charge in [-0.2, -0.15) is 0 Å². The van der Waals surface area contributed by atoms with Crippen molar-refractivity contribution in [3.05, 3.63) is 83.1 Å². The van der Waals surface area contributed by atoms with Crippen LogP contribution in [0.15, 0.2) is 77.5 Å². The van der Waals surface area contributed by atoms with Gasteiger partial charge < -0.3 is 13.9 Å². The normalized spacial score (nSPS) is 10.8. The summed E-state index contributed by atoms with van der Waals surface area (Å²) in [6.45, 7) is 0.483. The van der Waals surface area contributed by atoms with Gasteiger partial charge in [0.1, 0.15) is 12.3 Å². The lowest BCUT2D eigenvalue weighted by atomic mass is 10.1. The van der Waals surface area contributed by atoms with Crippen LogP contribution in [-0.2, 0) is 6.61 Å². The summed E-state index contributed by atoms with van der Waals surface area (Å²) in [4.78, 5) is 4.65. The van der Waals surface area contributed by atoms with E-state index in [2.05, 4.69) is 20.9 Å². The van der Waals surface area contributed by atoms with Crippen LogP contribution in [0.25, 0.3) is 16.9 Å². The number of methoxy groups -OCH3 is 1. The van der Waals surface area contributed by atoms with Gasteiger partial charge in [-0.1, -0.05) is 34.1 Å². The standard InChI is InChI=1S/C21H17BrN2O2/c1-25-20-12-16(18-13-24-11-3-2-4-21(24)23-18)7-10-19(20)26-14-15-5-8-17(22)9-6-15/h2-13H,14H2,1H3. The summed E-state index contributed by atoms with van der Waals surface area (Å²) in [6.07, 6.45) is 3.99. The molecule has 4 nitrogen and oxygen atoms in total. The van der Waals surface area contributed by atoms with Crippen molar-refractivity contribution in [3.63, 3.8) is 0 Å². The second kappa shape index (κ2) is 7.22. The number of fused-ring (bicyclic) bond motifs is 1. The van der Waals surface area contributed by atoms with E-state index in [1.807, 2.05) is 77.5 Å². The smallest absolute Gasteiger partial charge is 0.161 e. The quantitative estimate of drug-likeness (QED) is 0.446. The van der Waals surface area contributed by atoms with E-state index in [1.54, 1.807) is 7.11 Å². The number of hydrogen-bond donors (Lipinski definition) is 0. The molecule has 0 spiro atoms. The minimum absolute atomic E-state index is 0.483. The Hall–Kier alpha value is -2.79. The zero-order valence-electron chi connectivity index (χ0n) is 14.2. The first-order valence-electron chi connectivity index (χ1n) is 8.22. The number of pyridine rings is 1. The monoisotopic (exact) mass is 408 g/mol. The number of hydrogen-bond acceptors (Lipinski definition) is 3. The molecule has 0 saturated carbocycles. The van der Waals surface area contributed by atoms with Gasteiger partial charge in [0.05, 0.1) is 12.8 Å². The fourth-order valence-corrected chi connectivity index (χ4v) is 3.03. The third-order valence-corrected chi connectivity index (χ3v) is 4.66. The van der Waals surface area contributed by atoms with E-state index in [1.165, 1.54) is 0 Å². The van der Waals surface area contributed by atoms with Crippen LogP contribution in [0, 0.1) is 0 Å². The lowest BCUT2D eigenvalue weighted by Crippen LogP contribution is -1.98. The molecule has 4 rings (SSSR count). The van der Waals surface area contributed by atoms with Gasteiger partial charge in [-0.3, -0.25) is 0 Å². The molecule has 0 amide bonds. The molecule has 0 N–H and O–H groups in total. The van der Waals surface area contributed by atoms with Gasteiger partial charge in [0.15, 0.2) is 11.5 Å². The van der Waals surface area contributed by atoms with E-state index in [0.29, 0.717) is 18.1 Å². The van der Waals surface area contributed by atoms with Crippen LogP contribution in [0.5, 0.6) is 11.5 Å². The molecule has 2 aromatic carbocycles. The highest BCUT2D eigenvalue weighted by atomic mass is 79.9. The molecule has 26 heavy (non-hydrogen) atoms. The first-order chi connectivity index (χ1) is 12.7. The van der Waals surface area contributed by atoms with E-state index in [0.717, 1.165) is 26.9 Å². The lowest BCUT2D eigenvalue weighted by Gasteiger charge is -2.12. The minimum Gasteiger partial charge on any atom is -0.493 e. The summed E-state index contributed by atoms with van der Waals surface area (Å²) in [6, 6.07) is 19.9. The SMILES string of the molecule is COc1cc(-c2cn3ccccc3n2)ccc1OCc1ccc(Br)cc1. The maximum absolute atomic E-state index is 5.94. The highest BCUT2D eigenvalue weighted by Gasteiger charge is 2.10. The molecule has 0 atom stereocenters. The van der Waals surface area contributed by atoms with E-state index in [-0.39, 0.29) is 0 Å². The number of rotatable bonds is 5. The molecule has 0 bridgehead atoms. The van der Waals surface area contributed by atoms with Crippen LogP contribution in [0.2, 0.25) is 0 Å². The first kappa shape index (κ1) is 16.7. The molecule has 2 aromatic heterocycles. The van der Waals surface area contributed by atoms with Crippen LogP contribution < -0.4 is 9.47 Å². The number of halogens is 1. The Bertz CT molecular complexity index is 1010. The van der Waals surface area contributed by atoms with Crippen LogP contribution in [0.3, 0.4) is 0 Å². The topological polar surface area (TPSA) is 35.8 Å². The Kier molecular flexibility index (Phi) is 4.63. The van der Waals surface area contributed by atoms with Crippen LogP contribution in [0.4, 0.5) is 0 Å². The number of benzene rings is 2. The highest BCUT2D eigenvalue weighted by molar-refractivity contribution is 9.10. The molecule has 0 fully saturated rings. The summed E-state index contributed by atoms with van der Waals surface area (Å²) < 4.78 is 14.5. The van der Waals surface area contributed by atoms with Gasteiger partial charge in [0, 0.05) is 22.4 Å². The molecule has 0 unspecified atom stereocenters. The van der Waals surface area contributed by atoms with Crippen molar-refractivity contribution in [2.75, 3.05) is 7.11 Å². The largest absolute Gasteiger partial charge is 0.493 e. The van der Waals surface area contributed by atoms with E-state index in [9.17, 15) is 0 Å². The van der Waals surface area contributed by atoms with Gasteiger partial charge in [0.2, 0.25) is 0 Å². The maximum Gasteiger partial charge on any atom is 0.161 e. The summed E-state index contributed by atoms with van der Waals surface area (Å²) in [5.74, 6) is 1.40. The highest BCUT2D eigenvalue weighted by Crippen LogP contribution is 2.33. The molecule has 0 aliphatic heterocycles. The van der Waals surface area contributed by atoms with Crippen molar-refractivity contribution in [1.29, 1.82) is 0 Å². The second-order valence-electron chi connectivity index (χ2n) is 5.87.